The molecule has 1 fully saturated rings. The molecule has 0 atom stereocenters. The van der Waals surface area contributed by atoms with Crippen molar-refractivity contribution in [2.75, 3.05) is 18.8 Å². The molecule has 0 spiro atoms. The first-order valence-electron chi connectivity index (χ1n) is 9.30. The number of nitrogens with two attached hydrogens (primary N) is 2. The normalized spacial score (nSPS) is 13.5. The molecular weight excluding hydrogens is 339 g/mol. The van der Waals surface area contributed by atoms with Crippen LogP contribution in [0, 0.1) is 12.7 Å². The van der Waals surface area contributed by atoms with Gasteiger partial charge in [-0.15, -0.1) is 0 Å². The number of halogens is 1. The minimum Gasteiger partial charge on any atom is -0.399 e. The van der Waals surface area contributed by atoms with Crippen LogP contribution in [0.15, 0.2) is 60.8 Å². The summed E-state index contributed by atoms with van der Waals surface area (Å²) >= 11 is 0. The van der Waals surface area contributed by atoms with Crippen molar-refractivity contribution in [1.82, 2.24) is 10.6 Å². The molecule has 0 aromatic heterocycles. The first-order chi connectivity index (χ1) is 12.9. The molecule has 1 saturated heterocycles. The van der Waals surface area contributed by atoms with Crippen molar-refractivity contribution in [3.8, 4) is 0 Å². The smallest absolute Gasteiger partial charge is 0.123 e. The highest BCUT2D eigenvalue weighted by Crippen LogP contribution is 2.06. The topological polar surface area (TPSA) is 76.1 Å². The predicted molar refractivity (Wildman–Crippen MR) is 114 cm³/mol. The van der Waals surface area contributed by atoms with Crippen LogP contribution in [0.5, 0.6) is 0 Å². The number of nitrogen functional groups attached to an aromatic ring is 1. The van der Waals surface area contributed by atoms with E-state index in [-0.39, 0.29) is 5.82 Å². The molecule has 3 rings (SSSR count). The van der Waals surface area contributed by atoms with Gasteiger partial charge < -0.3 is 22.1 Å². The first-order valence-corrected chi connectivity index (χ1v) is 9.30. The Labute approximate surface area is 162 Å². The van der Waals surface area contributed by atoms with E-state index in [9.17, 15) is 4.39 Å². The van der Waals surface area contributed by atoms with Crippen LogP contribution in [0.25, 0.3) is 0 Å². The zero-order valence-electron chi connectivity index (χ0n) is 16.5. The predicted octanol–water partition coefficient (Wildman–Crippen LogP) is 3.72. The maximum absolute atomic E-state index is 12.2. The molecule has 1 aliphatic heterocycles. The highest BCUT2D eigenvalue weighted by Gasteiger charge is 2.10. The fourth-order valence-electron chi connectivity index (χ4n) is 2.52. The van der Waals surface area contributed by atoms with E-state index >= 15 is 0 Å². The van der Waals surface area contributed by atoms with Crippen LogP contribution >= 0.6 is 0 Å². The van der Waals surface area contributed by atoms with Gasteiger partial charge in [-0.1, -0.05) is 36.9 Å². The number of para-hydroxylation sites is 1. The van der Waals surface area contributed by atoms with Crippen LogP contribution in [-0.4, -0.2) is 19.1 Å². The van der Waals surface area contributed by atoms with Gasteiger partial charge in [0.05, 0.1) is 0 Å². The SMILES string of the molecule is C=C(C)NC1CCNCC1.Cc1ccccc1N.NCc1ccc(F)cc1. The van der Waals surface area contributed by atoms with Gasteiger partial charge >= 0.3 is 0 Å². The van der Waals surface area contributed by atoms with Crippen molar-refractivity contribution in [3.05, 3.63) is 77.8 Å². The van der Waals surface area contributed by atoms with Crippen LogP contribution in [0.3, 0.4) is 0 Å². The van der Waals surface area contributed by atoms with E-state index in [1.807, 2.05) is 38.1 Å². The molecule has 148 valence electrons. The molecule has 6 N–H and O–H groups in total. The van der Waals surface area contributed by atoms with Crippen LogP contribution in [-0.2, 0) is 6.54 Å². The second-order valence-corrected chi connectivity index (χ2v) is 6.64. The second-order valence-electron chi connectivity index (χ2n) is 6.64. The summed E-state index contributed by atoms with van der Waals surface area (Å²) in [6.45, 7) is 10.6. The van der Waals surface area contributed by atoms with Gasteiger partial charge in [-0.3, -0.25) is 0 Å². The van der Waals surface area contributed by atoms with Gasteiger partial charge in [-0.2, -0.15) is 0 Å². The van der Waals surface area contributed by atoms with Crippen molar-refractivity contribution in [1.29, 1.82) is 0 Å². The summed E-state index contributed by atoms with van der Waals surface area (Å²) < 4.78 is 12.2. The Bertz CT molecular complexity index is 643. The maximum Gasteiger partial charge on any atom is 0.123 e. The van der Waals surface area contributed by atoms with Crippen LogP contribution in [0.4, 0.5) is 10.1 Å². The molecule has 27 heavy (non-hydrogen) atoms. The van der Waals surface area contributed by atoms with Gasteiger partial charge in [0.1, 0.15) is 5.82 Å². The van der Waals surface area contributed by atoms with E-state index in [0.29, 0.717) is 12.6 Å². The Morgan fingerprint density at radius 2 is 1.74 bits per heavy atom. The molecule has 4 nitrogen and oxygen atoms in total. The monoisotopic (exact) mass is 372 g/mol. The summed E-state index contributed by atoms with van der Waals surface area (Å²) in [5.74, 6) is -0.216. The number of anilines is 1. The number of aryl methyl sites for hydroxylation is 1. The van der Waals surface area contributed by atoms with Crippen molar-refractivity contribution >= 4 is 5.69 Å². The Hall–Kier alpha value is -2.37. The third-order valence-corrected chi connectivity index (χ3v) is 4.13. The highest BCUT2D eigenvalue weighted by atomic mass is 19.1. The van der Waals surface area contributed by atoms with Crippen molar-refractivity contribution in [2.24, 2.45) is 5.73 Å². The minimum absolute atomic E-state index is 0.216. The summed E-state index contributed by atoms with van der Waals surface area (Å²) in [5.41, 5.74) is 14.9. The Kier molecular flexibility index (Phi) is 10.8. The van der Waals surface area contributed by atoms with Gasteiger partial charge in [-0.05, 0) is 69.1 Å². The molecule has 1 heterocycles. The summed E-state index contributed by atoms with van der Waals surface area (Å²) in [4.78, 5) is 0. The van der Waals surface area contributed by atoms with Gasteiger partial charge in [-0.25, -0.2) is 4.39 Å². The molecule has 0 radical (unpaired) electrons. The number of benzene rings is 2. The Morgan fingerprint density at radius 1 is 1.15 bits per heavy atom. The largest absolute Gasteiger partial charge is 0.399 e. The van der Waals surface area contributed by atoms with Gasteiger partial charge in [0, 0.05) is 24.0 Å². The third-order valence-electron chi connectivity index (χ3n) is 4.13. The fourth-order valence-corrected chi connectivity index (χ4v) is 2.52. The van der Waals surface area contributed by atoms with Crippen molar-refractivity contribution in [2.45, 2.75) is 39.3 Å². The summed E-state index contributed by atoms with van der Waals surface area (Å²) in [6.07, 6.45) is 2.46. The lowest BCUT2D eigenvalue weighted by Crippen LogP contribution is -2.38. The first kappa shape index (κ1) is 22.7. The number of hydrogen-bond donors (Lipinski definition) is 4. The zero-order valence-corrected chi connectivity index (χ0v) is 16.5. The molecule has 0 saturated carbocycles. The van der Waals surface area contributed by atoms with Gasteiger partial charge in [0.25, 0.3) is 0 Å². The third kappa shape index (κ3) is 10.4. The fraction of sp³-hybridized carbons (Fsp3) is 0.364. The molecule has 0 bridgehead atoms. The number of hydrogen-bond acceptors (Lipinski definition) is 4. The van der Waals surface area contributed by atoms with Crippen LogP contribution in [0.2, 0.25) is 0 Å². The summed E-state index contributed by atoms with van der Waals surface area (Å²) in [6, 6.07) is 14.6. The molecule has 1 aliphatic rings. The summed E-state index contributed by atoms with van der Waals surface area (Å²) in [7, 11) is 0. The maximum atomic E-state index is 12.2. The van der Waals surface area contributed by atoms with E-state index < -0.39 is 0 Å². The van der Waals surface area contributed by atoms with Gasteiger partial charge in [0.2, 0.25) is 0 Å². The second kappa shape index (κ2) is 12.9. The number of rotatable bonds is 3. The van der Waals surface area contributed by atoms with E-state index in [4.69, 9.17) is 11.5 Å². The molecule has 5 heteroatoms. The lowest BCUT2D eigenvalue weighted by Gasteiger charge is -2.24. The highest BCUT2D eigenvalue weighted by molar-refractivity contribution is 5.44. The average Bonchev–Trinajstić information content (AvgIpc) is 2.66. The molecule has 0 amide bonds. The van der Waals surface area contributed by atoms with Crippen LogP contribution in [0.1, 0.15) is 30.9 Å². The van der Waals surface area contributed by atoms with E-state index in [0.717, 1.165) is 35.6 Å². The Balaban J connectivity index is 0.000000204. The molecule has 2 aromatic carbocycles. The van der Waals surface area contributed by atoms with Crippen LogP contribution < -0.4 is 22.1 Å². The summed E-state index contributed by atoms with van der Waals surface area (Å²) in [5, 5.41) is 6.67. The molecular formula is C22H33FN4. The average molecular weight is 373 g/mol. The van der Waals surface area contributed by atoms with Crippen molar-refractivity contribution < 1.29 is 4.39 Å². The van der Waals surface area contributed by atoms with E-state index in [1.165, 1.54) is 25.0 Å². The van der Waals surface area contributed by atoms with Gasteiger partial charge in [0.15, 0.2) is 0 Å². The van der Waals surface area contributed by atoms with E-state index in [2.05, 4.69) is 17.2 Å². The van der Waals surface area contributed by atoms with Crippen molar-refractivity contribution in [3.63, 3.8) is 0 Å². The number of piperidine rings is 1. The lowest BCUT2D eigenvalue weighted by molar-refractivity contribution is 0.412. The molecule has 0 aliphatic carbocycles. The lowest BCUT2D eigenvalue weighted by atomic mass is 10.1. The standard InChI is InChI=1S/C8H16N2.C7H8FN.C7H9N/c1-7(2)10-8-3-5-9-6-4-8;8-7-3-1-6(5-9)2-4-7;1-6-4-2-3-5-7(6)8/h8-10H,1,3-6H2,2H3;1-4H,5,9H2;2-5H,8H2,1H3. The number of nitrogens with one attached hydrogen (secondary N) is 2. The molecule has 0 unspecified atom stereocenters. The van der Waals surface area contributed by atoms with E-state index in [1.54, 1.807) is 12.1 Å². The number of allylic oxidation sites excluding steroid dienone is 1. The Morgan fingerprint density at radius 3 is 2.19 bits per heavy atom. The zero-order chi connectivity index (χ0) is 20.1. The molecule has 2 aromatic rings. The quantitative estimate of drug-likeness (QED) is 0.620. The minimum atomic E-state index is -0.216.